The molecule has 0 spiro atoms. The van der Waals surface area contributed by atoms with Gasteiger partial charge in [0.05, 0.1) is 0 Å². The molecule has 0 aliphatic carbocycles. The maximum absolute atomic E-state index is 12.2. The third-order valence-electron chi connectivity index (χ3n) is 4.93. The van der Waals surface area contributed by atoms with Crippen molar-refractivity contribution < 1.29 is 4.79 Å². The summed E-state index contributed by atoms with van der Waals surface area (Å²) < 4.78 is 0. The first-order chi connectivity index (χ1) is 11.8. The highest BCUT2D eigenvalue weighted by atomic mass is 16.1. The Bertz CT molecular complexity index is 463. The molecule has 1 heterocycles. The summed E-state index contributed by atoms with van der Waals surface area (Å²) in [5.74, 6) is 0.0577. The quantitative estimate of drug-likeness (QED) is 0.588. The van der Waals surface area contributed by atoms with E-state index in [4.69, 9.17) is 0 Å². The summed E-state index contributed by atoms with van der Waals surface area (Å²) in [4.78, 5) is 12.2. The molecule has 1 aliphatic heterocycles. The minimum Gasteiger partial charge on any atom is -0.348 e. The van der Waals surface area contributed by atoms with Crippen LogP contribution in [0, 0.1) is 0 Å². The van der Waals surface area contributed by atoms with Gasteiger partial charge < -0.3 is 10.6 Å². The van der Waals surface area contributed by atoms with Gasteiger partial charge in [-0.2, -0.15) is 0 Å². The zero-order valence-electron chi connectivity index (χ0n) is 15.3. The number of benzene rings is 1. The third-order valence-corrected chi connectivity index (χ3v) is 4.93. The fourth-order valence-electron chi connectivity index (χ4n) is 3.33. The number of amides is 1. The molecule has 2 rings (SSSR count). The summed E-state index contributed by atoms with van der Waals surface area (Å²) in [7, 11) is 0. The number of hydrogen-bond acceptors (Lipinski definition) is 2. The van der Waals surface area contributed by atoms with Crippen LogP contribution < -0.4 is 10.6 Å². The lowest BCUT2D eigenvalue weighted by atomic mass is 10.0. The van der Waals surface area contributed by atoms with E-state index in [1.54, 1.807) is 0 Å². The average Bonchev–Trinajstić information content (AvgIpc) is 3.11. The van der Waals surface area contributed by atoms with Gasteiger partial charge in [-0.3, -0.25) is 4.79 Å². The highest BCUT2D eigenvalue weighted by Crippen LogP contribution is 2.12. The van der Waals surface area contributed by atoms with Gasteiger partial charge in [-0.15, -0.1) is 0 Å². The van der Waals surface area contributed by atoms with Crippen molar-refractivity contribution in [2.24, 2.45) is 0 Å². The minimum atomic E-state index is 0.0577. The van der Waals surface area contributed by atoms with Crippen molar-refractivity contribution in [2.75, 3.05) is 13.1 Å². The molecular weight excluding hydrogens is 296 g/mol. The SMILES string of the molecule is CCCCCCCCCCc1ccc(C(=O)N[C@@H]2CCNC2)cc1. The van der Waals surface area contributed by atoms with Crippen LogP contribution in [0.3, 0.4) is 0 Å². The van der Waals surface area contributed by atoms with Crippen LogP contribution in [-0.4, -0.2) is 25.0 Å². The smallest absolute Gasteiger partial charge is 0.251 e. The van der Waals surface area contributed by atoms with Crippen molar-refractivity contribution in [3.8, 4) is 0 Å². The Morgan fingerprint density at radius 1 is 1.04 bits per heavy atom. The molecule has 1 atom stereocenters. The van der Waals surface area contributed by atoms with Gasteiger partial charge in [0.1, 0.15) is 0 Å². The molecule has 1 aliphatic rings. The van der Waals surface area contributed by atoms with E-state index in [9.17, 15) is 4.79 Å². The number of nitrogens with one attached hydrogen (secondary N) is 2. The maximum atomic E-state index is 12.2. The largest absolute Gasteiger partial charge is 0.348 e. The van der Waals surface area contributed by atoms with Crippen LogP contribution in [-0.2, 0) is 6.42 Å². The molecule has 0 bridgehead atoms. The Morgan fingerprint density at radius 3 is 2.33 bits per heavy atom. The van der Waals surface area contributed by atoms with E-state index in [2.05, 4.69) is 29.7 Å². The zero-order valence-corrected chi connectivity index (χ0v) is 15.3. The molecule has 1 amide bonds. The van der Waals surface area contributed by atoms with Gasteiger partial charge in [0.2, 0.25) is 0 Å². The van der Waals surface area contributed by atoms with Gasteiger partial charge in [0.25, 0.3) is 5.91 Å². The number of unbranched alkanes of at least 4 members (excludes halogenated alkanes) is 7. The molecule has 0 aromatic heterocycles. The van der Waals surface area contributed by atoms with Crippen LogP contribution >= 0.6 is 0 Å². The number of hydrogen-bond donors (Lipinski definition) is 2. The summed E-state index contributed by atoms with van der Waals surface area (Å²) >= 11 is 0. The van der Waals surface area contributed by atoms with Crippen molar-refractivity contribution in [3.63, 3.8) is 0 Å². The topological polar surface area (TPSA) is 41.1 Å². The minimum absolute atomic E-state index is 0.0577. The third kappa shape index (κ3) is 7.04. The molecule has 1 saturated heterocycles. The molecule has 0 unspecified atom stereocenters. The highest BCUT2D eigenvalue weighted by Gasteiger charge is 2.17. The summed E-state index contributed by atoms with van der Waals surface area (Å²) in [6, 6.07) is 8.45. The van der Waals surface area contributed by atoms with Gasteiger partial charge in [0, 0.05) is 18.2 Å². The first-order valence-corrected chi connectivity index (χ1v) is 9.90. The van der Waals surface area contributed by atoms with Crippen LogP contribution in [0.15, 0.2) is 24.3 Å². The van der Waals surface area contributed by atoms with Gasteiger partial charge in [0.15, 0.2) is 0 Å². The summed E-state index contributed by atoms with van der Waals surface area (Å²) in [5, 5.41) is 6.37. The molecule has 3 heteroatoms. The first kappa shape index (κ1) is 19.0. The monoisotopic (exact) mass is 330 g/mol. The lowest BCUT2D eigenvalue weighted by Gasteiger charge is -2.11. The predicted molar refractivity (Wildman–Crippen MR) is 101 cm³/mol. The second-order valence-corrected chi connectivity index (χ2v) is 7.08. The Balaban J connectivity index is 1.60. The highest BCUT2D eigenvalue weighted by molar-refractivity contribution is 5.94. The molecule has 2 N–H and O–H groups in total. The van der Waals surface area contributed by atoms with Crippen LogP contribution in [0.5, 0.6) is 0 Å². The molecule has 0 saturated carbocycles. The van der Waals surface area contributed by atoms with Gasteiger partial charge in [-0.1, -0.05) is 64.0 Å². The maximum Gasteiger partial charge on any atom is 0.251 e. The zero-order chi connectivity index (χ0) is 17.0. The lowest BCUT2D eigenvalue weighted by Crippen LogP contribution is -2.36. The average molecular weight is 331 g/mol. The second kappa shape index (κ2) is 11.2. The van der Waals surface area contributed by atoms with Crippen molar-refractivity contribution in [1.29, 1.82) is 0 Å². The van der Waals surface area contributed by atoms with E-state index in [0.29, 0.717) is 0 Å². The Labute approximate surface area is 147 Å². The Hall–Kier alpha value is -1.35. The molecule has 24 heavy (non-hydrogen) atoms. The van der Waals surface area contributed by atoms with Crippen LogP contribution in [0.25, 0.3) is 0 Å². The number of aryl methyl sites for hydroxylation is 1. The van der Waals surface area contributed by atoms with Gasteiger partial charge >= 0.3 is 0 Å². The fourth-order valence-corrected chi connectivity index (χ4v) is 3.33. The van der Waals surface area contributed by atoms with Crippen molar-refractivity contribution >= 4 is 5.91 Å². The molecule has 134 valence electrons. The van der Waals surface area contributed by atoms with Crippen molar-refractivity contribution in [1.82, 2.24) is 10.6 Å². The van der Waals surface area contributed by atoms with Crippen LogP contribution in [0.4, 0.5) is 0 Å². The number of carbonyl (C=O) groups excluding carboxylic acids is 1. The van der Waals surface area contributed by atoms with E-state index in [0.717, 1.165) is 31.5 Å². The summed E-state index contributed by atoms with van der Waals surface area (Å²) in [5.41, 5.74) is 2.13. The molecule has 1 fully saturated rings. The predicted octanol–water partition coefficient (Wildman–Crippen LogP) is 4.46. The van der Waals surface area contributed by atoms with Crippen molar-refractivity contribution in [2.45, 2.75) is 77.2 Å². The number of carbonyl (C=O) groups is 1. The van der Waals surface area contributed by atoms with E-state index < -0.39 is 0 Å². The standard InChI is InChI=1S/C21H34N2O/c1-2-3-4-5-6-7-8-9-10-18-11-13-19(14-12-18)21(24)23-20-15-16-22-17-20/h11-14,20,22H,2-10,15-17H2,1H3,(H,23,24)/t20-/m1/s1. The van der Waals surface area contributed by atoms with Crippen LogP contribution in [0.1, 0.15) is 80.6 Å². The van der Waals surface area contributed by atoms with Gasteiger partial charge in [-0.05, 0) is 43.5 Å². The first-order valence-electron chi connectivity index (χ1n) is 9.90. The van der Waals surface area contributed by atoms with E-state index in [-0.39, 0.29) is 11.9 Å². The Kier molecular flexibility index (Phi) is 8.90. The molecule has 0 radical (unpaired) electrons. The van der Waals surface area contributed by atoms with E-state index >= 15 is 0 Å². The summed E-state index contributed by atoms with van der Waals surface area (Å²) in [6.07, 6.45) is 13.0. The normalized spacial score (nSPS) is 17.1. The molecule has 3 nitrogen and oxygen atoms in total. The summed E-state index contributed by atoms with van der Waals surface area (Å²) in [6.45, 7) is 4.16. The molecule has 1 aromatic carbocycles. The fraction of sp³-hybridized carbons (Fsp3) is 0.667. The Morgan fingerprint density at radius 2 is 1.71 bits per heavy atom. The second-order valence-electron chi connectivity index (χ2n) is 7.08. The molecular formula is C21H34N2O. The van der Waals surface area contributed by atoms with Crippen molar-refractivity contribution in [3.05, 3.63) is 35.4 Å². The van der Waals surface area contributed by atoms with Gasteiger partial charge in [-0.25, -0.2) is 0 Å². The van der Waals surface area contributed by atoms with Crippen LogP contribution in [0.2, 0.25) is 0 Å². The number of rotatable bonds is 11. The van der Waals surface area contributed by atoms with E-state index in [1.165, 1.54) is 56.9 Å². The lowest BCUT2D eigenvalue weighted by molar-refractivity contribution is 0.0940. The van der Waals surface area contributed by atoms with E-state index in [1.807, 2.05) is 12.1 Å². The molecule has 1 aromatic rings.